The Hall–Kier alpha value is -1.30. The molecule has 0 spiro atoms. The van der Waals surface area contributed by atoms with E-state index in [0.717, 1.165) is 31.2 Å². The van der Waals surface area contributed by atoms with Gasteiger partial charge in [-0.05, 0) is 37.0 Å². The molecule has 0 bridgehead atoms. The van der Waals surface area contributed by atoms with E-state index in [1.165, 1.54) is 4.90 Å². The van der Waals surface area contributed by atoms with Crippen LogP contribution in [0.5, 0.6) is 0 Å². The predicted octanol–water partition coefficient (Wildman–Crippen LogP) is 3.70. The summed E-state index contributed by atoms with van der Waals surface area (Å²) in [7, 11) is 0. The van der Waals surface area contributed by atoms with Gasteiger partial charge in [-0.25, -0.2) is 4.79 Å². The minimum absolute atomic E-state index is 0.0901. The topological polar surface area (TPSA) is 75.8 Å². The summed E-state index contributed by atoms with van der Waals surface area (Å²) in [5, 5.41) is 10.0. The van der Waals surface area contributed by atoms with Crippen molar-refractivity contribution in [1.29, 1.82) is 0 Å². The number of nitrogens with two attached hydrogens (primary N) is 1. The average Bonchev–Trinajstić information content (AvgIpc) is 2.58. The maximum atomic E-state index is 11.4. The minimum atomic E-state index is -0.866. The van der Waals surface area contributed by atoms with E-state index in [4.69, 9.17) is 22.1 Å². The summed E-state index contributed by atoms with van der Waals surface area (Å²) in [4.78, 5) is 12.9. The van der Waals surface area contributed by atoms with Gasteiger partial charge in [0.2, 0.25) is 0 Å². The third kappa shape index (κ3) is 4.21. The summed E-state index contributed by atoms with van der Waals surface area (Å²) in [6.45, 7) is 4.05. The quantitative estimate of drug-likeness (QED) is 0.782. The number of nitrogens with zero attached hydrogens (tertiary/aromatic N) is 1. The number of rotatable bonds is 7. The molecule has 0 radical (unpaired) electrons. The smallest absolute Gasteiger partial charge is 0.407 e. The van der Waals surface area contributed by atoms with Gasteiger partial charge >= 0.3 is 6.09 Å². The van der Waals surface area contributed by atoms with Gasteiger partial charge in [0.05, 0.1) is 12.2 Å². The highest BCUT2D eigenvalue weighted by atomic mass is 35.5. The fraction of sp³-hybridized carbons (Fsp3) is 0.611. The predicted molar refractivity (Wildman–Crippen MR) is 95.4 cm³/mol. The first-order valence-corrected chi connectivity index (χ1v) is 8.99. The van der Waals surface area contributed by atoms with E-state index in [0.29, 0.717) is 31.3 Å². The lowest BCUT2D eigenvalue weighted by Gasteiger charge is -2.45. The third-order valence-electron chi connectivity index (χ3n) is 4.76. The molecule has 1 aliphatic rings. The Morgan fingerprint density at radius 3 is 2.96 bits per heavy atom. The van der Waals surface area contributed by atoms with E-state index in [-0.39, 0.29) is 5.92 Å². The highest BCUT2D eigenvalue weighted by Crippen LogP contribution is 2.43. The summed E-state index contributed by atoms with van der Waals surface area (Å²) < 4.78 is 6.32. The van der Waals surface area contributed by atoms with Crippen LogP contribution in [0, 0.1) is 5.92 Å². The van der Waals surface area contributed by atoms with Crippen LogP contribution in [0.4, 0.5) is 4.79 Å². The highest BCUT2D eigenvalue weighted by molar-refractivity contribution is 6.30. The monoisotopic (exact) mass is 354 g/mol. The summed E-state index contributed by atoms with van der Waals surface area (Å²) >= 11 is 6.22. The molecule has 134 valence electrons. The van der Waals surface area contributed by atoms with Crippen LogP contribution >= 0.6 is 11.6 Å². The Labute approximate surface area is 148 Å². The molecule has 2 atom stereocenters. The number of likely N-dealkylation sites (tertiary alicyclic amines) is 1. The molecule has 3 N–H and O–H groups in total. The molecule has 5 nitrogen and oxygen atoms in total. The van der Waals surface area contributed by atoms with Crippen molar-refractivity contribution >= 4 is 17.7 Å². The molecule has 1 aromatic rings. The Bertz CT molecular complexity index is 555. The molecule has 1 aliphatic heterocycles. The van der Waals surface area contributed by atoms with Crippen molar-refractivity contribution in [2.24, 2.45) is 11.7 Å². The van der Waals surface area contributed by atoms with Gasteiger partial charge in [-0.3, -0.25) is 0 Å². The summed E-state index contributed by atoms with van der Waals surface area (Å²) in [6.07, 6.45) is 2.65. The van der Waals surface area contributed by atoms with E-state index in [1.54, 1.807) is 0 Å². The molecule has 6 heteroatoms. The fourth-order valence-corrected chi connectivity index (χ4v) is 3.94. The number of carboxylic acid groups (broad SMARTS) is 1. The highest BCUT2D eigenvalue weighted by Gasteiger charge is 2.43. The van der Waals surface area contributed by atoms with Crippen LogP contribution in [0.25, 0.3) is 0 Å². The molecule has 0 aromatic heterocycles. The van der Waals surface area contributed by atoms with Gasteiger partial charge in [0, 0.05) is 30.6 Å². The Kier molecular flexibility index (Phi) is 6.90. The zero-order valence-corrected chi connectivity index (χ0v) is 15.0. The first-order valence-electron chi connectivity index (χ1n) is 8.61. The van der Waals surface area contributed by atoms with Gasteiger partial charge < -0.3 is 20.5 Å². The number of piperidine rings is 1. The average molecular weight is 355 g/mol. The van der Waals surface area contributed by atoms with Crippen LogP contribution in [-0.4, -0.2) is 42.3 Å². The summed E-state index contributed by atoms with van der Waals surface area (Å²) in [5.41, 5.74) is 6.16. The molecule has 1 saturated heterocycles. The molecule has 1 aromatic carbocycles. The number of hydrogen-bond acceptors (Lipinski definition) is 3. The molecule has 0 aliphatic carbocycles. The first kappa shape index (κ1) is 19.0. The van der Waals surface area contributed by atoms with Crippen molar-refractivity contribution in [3.63, 3.8) is 0 Å². The number of halogens is 1. The van der Waals surface area contributed by atoms with Crippen molar-refractivity contribution in [2.75, 3.05) is 26.2 Å². The molecule has 2 rings (SSSR count). The molecular formula is C18H27ClN2O3. The summed E-state index contributed by atoms with van der Waals surface area (Å²) in [6, 6.07) is 7.73. The molecule has 1 amide bonds. The van der Waals surface area contributed by atoms with Crippen LogP contribution in [0.2, 0.25) is 5.02 Å². The van der Waals surface area contributed by atoms with Crippen molar-refractivity contribution in [3.05, 3.63) is 34.9 Å². The lowest BCUT2D eigenvalue weighted by molar-refractivity contribution is -0.112. The van der Waals surface area contributed by atoms with Crippen LogP contribution in [-0.2, 0) is 10.3 Å². The Balaban J connectivity index is 2.41. The Morgan fingerprint density at radius 2 is 2.33 bits per heavy atom. The third-order valence-corrected chi connectivity index (χ3v) is 5.00. The van der Waals surface area contributed by atoms with Crippen LogP contribution < -0.4 is 5.73 Å². The minimum Gasteiger partial charge on any atom is -0.465 e. The second kappa shape index (κ2) is 8.70. The summed E-state index contributed by atoms with van der Waals surface area (Å²) in [5.74, 6) is 0.0901. The SMILES string of the molecule is CCC[C@](OCCN)(c1cccc(Cl)c1)C1CCCN(C(=O)O)C1. The number of hydrogen-bond donors (Lipinski definition) is 2. The van der Waals surface area contributed by atoms with Gasteiger partial charge in [0.25, 0.3) is 0 Å². The van der Waals surface area contributed by atoms with Gasteiger partial charge in [0.1, 0.15) is 0 Å². The van der Waals surface area contributed by atoms with Crippen LogP contribution in [0.3, 0.4) is 0 Å². The standard InChI is InChI=1S/C18H27ClN2O3/c1-2-8-18(24-11-9-20,14-5-3-7-16(19)12-14)15-6-4-10-21(13-15)17(22)23/h3,5,7,12,15H,2,4,6,8-11,13,20H2,1H3,(H,22,23)/t15?,18-/m0/s1. The molecule has 1 heterocycles. The molecule has 1 fully saturated rings. The van der Waals surface area contributed by atoms with Gasteiger partial charge in [-0.1, -0.05) is 37.1 Å². The normalized spacial score (nSPS) is 20.6. The van der Waals surface area contributed by atoms with Crippen LogP contribution in [0.1, 0.15) is 38.2 Å². The number of benzene rings is 1. The zero-order chi connectivity index (χ0) is 17.6. The molecule has 24 heavy (non-hydrogen) atoms. The molecular weight excluding hydrogens is 328 g/mol. The zero-order valence-electron chi connectivity index (χ0n) is 14.2. The van der Waals surface area contributed by atoms with Crippen LogP contribution in [0.15, 0.2) is 24.3 Å². The fourth-order valence-electron chi connectivity index (χ4n) is 3.75. The number of amides is 1. The maximum absolute atomic E-state index is 11.4. The Morgan fingerprint density at radius 1 is 1.54 bits per heavy atom. The lowest BCUT2D eigenvalue weighted by Crippen LogP contribution is -2.49. The largest absolute Gasteiger partial charge is 0.465 e. The van der Waals surface area contributed by atoms with E-state index >= 15 is 0 Å². The lowest BCUT2D eigenvalue weighted by atomic mass is 9.74. The van der Waals surface area contributed by atoms with Gasteiger partial charge in [-0.15, -0.1) is 0 Å². The van der Waals surface area contributed by atoms with E-state index in [1.807, 2.05) is 24.3 Å². The number of carbonyl (C=O) groups is 1. The van der Waals surface area contributed by atoms with Crippen molar-refractivity contribution in [3.8, 4) is 0 Å². The molecule has 0 saturated carbocycles. The number of ether oxygens (including phenoxy) is 1. The van der Waals surface area contributed by atoms with Crippen molar-refractivity contribution < 1.29 is 14.6 Å². The van der Waals surface area contributed by atoms with E-state index in [9.17, 15) is 9.90 Å². The van der Waals surface area contributed by atoms with Gasteiger partial charge in [0.15, 0.2) is 0 Å². The van der Waals surface area contributed by atoms with E-state index < -0.39 is 11.7 Å². The van der Waals surface area contributed by atoms with Crippen molar-refractivity contribution in [2.45, 2.75) is 38.2 Å². The maximum Gasteiger partial charge on any atom is 0.407 e. The second-order valence-corrected chi connectivity index (χ2v) is 6.79. The van der Waals surface area contributed by atoms with Gasteiger partial charge in [-0.2, -0.15) is 0 Å². The first-order chi connectivity index (χ1) is 11.5. The molecule has 1 unspecified atom stereocenters. The second-order valence-electron chi connectivity index (χ2n) is 6.35. The van der Waals surface area contributed by atoms with E-state index in [2.05, 4.69) is 6.92 Å². The van der Waals surface area contributed by atoms with Crippen molar-refractivity contribution in [1.82, 2.24) is 4.90 Å².